The van der Waals surface area contributed by atoms with Crippen molar-refractivity contribution in [3.63, 3.8) is 0 Å². The first-order chi connectivity index (χ1) is 8.06. The normalized spacial score (nSPS) is 35.0. The van der Waals surface area contributed by atoms with Crippen LogP contribution in [0.3, 0.4) is 0 Å². The Hall–Kier alpha value is -1.14. The summed E-state index contributed by atoms with van der Waals surface area (Å²) in [5.74, 6) is -5.15. The molecule has 102 valence electrons. The zero-order valence-corrected chi connectivity index (χ0v) is 9.85. The number of fused-ring (bicyclic) bond motifs is 1. The molecule has 0 amide bonds. The number of nitrogens with two attached hydrogens (primary N) is 1. The van der Waals surface area contributed by atoms with Crippen LogP contribution in [0.15, 0.2) is 16.3 Å². The predicted octanol–water partition coefficient (Wildman–Crippen LogP) is 2.90. The largest absolute Gasteiger partial charge is 0.431 e. The number of alkyl halides is 5. The maximum atomic E-state index is 13.8. The molecule has 2 fully saturated rings. The summed E-state index contributed by atoms with van der Waals surface area (Å²) in [5, 5.41) is 0. The van der Waals surface area contributed by atoms with Crippen LogP contribution in [0.25, 0.3) is 0 Å². The molecule has 0 aromatic carbocycles. The maximum absolute atomic E-state index is 13.8. The second-order valence-corrected chi connectivity index (χ2v) is 4.97. The average molecular weight is 268 g/mol. The molecule has 18 heavy (non-hydrogen) atoms. The van der Waals surface area contributed by atoms with Crippen LogP contribution >= 0.6 is 0 Å². The van der Waals surface area contributed by atoms with E-state index in [9.17, 15) is 22.0 Å². The molecule has 0 aromatic heterocycles. The highest BCUT2D eigenvalue weighted by atomic mass is 19.4. The molecule has 0 saturated heterocycles. The van der Waals surface area contributed by atoms with Gasteiger partial charge in [0.1, 0.15) is 11.4 Å². The van der Waals surface area contributed by atoms with Crippen LogP contribution in [-0.4, -0.2) is 23.9 Å². The van der Waals surface area contributed by atoms with Gasteiger partial charge in [0.15, 0.2) is 0 Å². The van der Waals surface area contributed by atoms with Gasteiger partial charge in [-0.2, -0.15) is 22.0 Å². The lowest BCUT2D eigenvalue weighted by atomic mass is 10.0. The highest BCUT2D eigenvalue weighted by Crippen LogP contribution is 2.62. The molecule has 2 atom stereocenters. The van der Waals surface area contributed by atoms with Crippen molar-refractivity contribution in [3.8, 4) is 0 Å². The minimum absolute atomic E-state index is 0.0518. The second kappa shape index (κ2) is 3.68. The summed E-state index contributed by atoms with van der Waals surface area (Å²) in [6, 6.07) is -0.501. The van der Waals surface area contributed by atoms with Gasteiger partial charge in [0, 0.05) is 17.5 Å². The summed E-state index contributed by atoms with van der Waals surface area (Å²) in [6.45, 7) is 3.07. The zero-order chi connectivity index (χ0) is 13.9. The number of hydrogen-bond donors (Lipinski definition) is 1. The van der Waals surface area contributed by atoms with Gasteiger partial charge in [-0.15, -0.1) is 0 Å². The van der Waals surface area contributed by atoms with Crippen LogP contribution < -0.4 is 5.73 Å². The number of allylic oxidation sites excluding steroid dienone is 2. The molecule has 2 rings (SSSR count). The van der Waals surface area contributed by atoms with E-state index in [-0.39, 0.29) is 6.42 Å². The maximum Gasteiger partial charge on any atom is 0.431 e. The third-order valence-corrected chi connectivity index (χ3v) is 3.18. The van der Waals surface area contributed by atoms with Gasteiger partial charge in [-0.3, -0.25) is 4.99 Å². The van der Waals surface area contributed by atoms with Crippen molar-refractivity contribution >= 4 is 5.71 Å². The average Bonchev–Trinajstić information content (AvgIpc) is 2.90. The van der Waals surface area contributed by atoms with Gasteiger partial charge in [0.25, 0.3) is 5.92 Å². The number of aliphatic imine (C=N–C) groups is 1. The van der Waals surface area contributed by atoms with Gasteiger partial charge >= 0.3 is 6.18 Å². The number of rotatable bonds is 1. The van der Waals surface area contributed by atoms with E-state index < -0.39 is 47.0 Å². The second-order valence-electron chi connectivity index (χ2n) is 4.97. The first kappa shape index (κ1) is 13.3. The summed E-state index contributed by atoms with van der Waals surface area (Å²) in [4.78, 5) is 3.65. The lowest BCUT2D eigenvalue weighted by Crippen LogP contribution is -2.32. The van der Waals surface area contributed by atoms with Gasteiger partial charge in [-0.1, -0.05) is 0 Å². The van der Waals surface area contributed by atoms with E-state index in [1.807, 2.05) is 0 Å². The van der Waals surface area contributed by atoms with Crippen LogP contribution in [0.1, 0.15) is 20.3 Å². The monoisotopic (exact) mass is 268 g/mol. The molecule has 0 radical (unpaired) electrons. The fraction of sp³-hybridized carbons (Fsp3) is 0.727. The molecule has 2 saturated carbocycles. The minimum Gasteiger partial charge on any atom is -0.394 e. The molecule has 2 nitrogen and oxygen atoms in total. The van der Waals surface area contributed by atoms with Crippen LogP contribution in [0.5, 0.6) is 0 Å². The molecule has 2 N–H and O–H groups in total. The SMILES string of the molecule is CC(C)N=C1C(=C(N)C(F)(F)F)[C@H]2C[C@H]2C1(F)F. The molecule has 0 unspecified atom stereocenters. The lowest BCUT2D eigenvalue weighted by Gasteiger charge is -2.18. The van der Waals surface area contributed by atoms with E-state index in [0.717, 1.165) is 0 Å². The number of halogens is 5. The summed E-state index contributed by atoms with van der Waals surface area (Å²) in [7, 11) is 0. The van der Waals surface area contributed by atoms with Crippen molar-refractivity contribution in [2.75, 3.05) is 0 Å². The van der Waals surface area contributed by atoms with Crippen LogP contribution in [-0.2, 0) is 0 Å². The van der Waals surface area contributed by atoms with Crippen molar-refractivity contribution in [1.82, 2.24) is 0 Å². The molecule has 7 heteroatoms. The molecule has 2 aliphatic carbocycles. The quantitative estimate of drug-likeness (QED) is 0.730. The highest BCUT2D eigenvalue weighted by molar-refractivity contribution is 6.10. The molecule has 0 bridgehead atoms. The van der Waals surface area contributed by atoms with Crippen molar-refractivity contribution in [2.45, 2.75) is 38.4 Å². The Kier molecular flexibility index (Phi) is 2.72. The van der Waals surface area contributed by atoms with Crippen molar-refractivity contribution < 1.29 is 22.0 Å². The van der Waals surface area contributed by atoms with E-state index >= 15 is 0 Å². The third kappa shape index (κ3) is 1.89. The van der Waals surface area contributed by atoms with Gasteiger partial charge < -0.3 is 5.73 Å². The van der Waals surface area contributed by atoms with Gasteiger partial charge in [-0.25, -0.2) is 0 Å². The standard InChI is InChI=1S/C11H13F5N2/c1-4(2)18-9-7(8(17)11(14,15)16)5-3-6(5)10(9,12)13/h4-6H,3,17H2,1-2H3/t5-,6+/m0/s1. The summed E-state index contributed by atoms with van der Waals surface area (Å²) >= 11 is 0. The van der Waals surface area contributed by atoms with Crippen LogP contribution in [0, 0.1) is 11.8 Å². The van der Waals surface area contributed by atoms with E-state index in [1.165, 1.54) is 13.8 Å². The van der Waals surface area contributed by atoms with Crippen LogP contribution in [0.2, 0.25) is 0 Å². The van der Waals surface area contributed by atoms with E-state index in [1.54, 1.807) is 0 Å². The Bertz CT molecular complexity index is 433. The molecule has 0 spiro atoms. The Morgan fingerprint density at radius 1 is 1.39 bits per heavy atom. The topological polar surface area (TPSA) is 38.4 Å². The van der Waals surface area contributed by atoms with Gasteiger partial charge in [-0.05, 0) is 26.2 Å². The highest BCUT2D eigenvalue weighted by Gasteiger charge is 2.68. The lowest BCUT2D eigenvalue weighted by molar-refractivity contribution is -0.0933. The van der Waals surface area contributed by atoms with Crippen molar-refractivity contribution in [3.05, 3.63) is 11.3 Å². The number of hydrogen-bond acceptors (Lipinski definition) is 2. The first-order valence-electron chi connectivity index (χ1n) is 5.60. The van der Waals surface area contributed by atoms with Crippen molar-refractivity contribution in [1.29, 1.82) is 0 Å². The molecular weight excluding hydrogens is 255 g/mol. The van der Waals surface area contributed by atoms with Gasteiger partial charge in [0.2, 0.25) is 0 Å². The molecule has 0 aromatic rings. The van der Waals surface area contributed by atoms with E-state index in [0.29, 0.717) is 0 Å². The fourth-order valence-electron chi connectivity index (χ4n) is 2.34. The Morgan fingerprint density at radius 3 is 2.39 bits per heavy atom. The first-order valence-corrected chi connectivity index (χ1v) is 5.60. The predicted molar refractivity (Wildman–Crippen MR) is 56.4 cm³/mol. The van der Waals surface area contributed by atoms with Gasteiger partial charge in [0.05, 0.1) is 0 Å². The molecule has 0 heterocycles. The Morgan fingerprint density at radius 2 is 1.94 bits per heavy atom. The van der Waals surface area contributed by atoms with E-state index in [2.05, 4.69) is 4.99 Å². The third-order valence-electron chi connectivity index (χ3n) is 3.18. The minimum atomic E-state index is -4.79. The van der Waals surface area contributed by atoms with Crippen molar-refractivity contribution in [2.24, 2.45) is 22.6 Å². The summed E-state index contributed by atoms with van der Waals surface area (Å²) in [5.41, 5.74) is 2.31. The zero-order valence-electron chi connectivity index (χ0n) is 9.85. The Balaban J connectivity index is 2.54. The Labute approximate surface area is 101 Å². The summed E-state index contributed by atoms with van der Waals surface area (Å²) < 4.78 is 65.3. The van der Waals surface area contributed by atoms with E-state index in [4.69, 9.17) is 5.73 Å². The molecule has 2 aliphatic rings. The molecular formula is C11H13F5N2. The van der Waals surface area contributed by atoms with Crippen LogP contribution in [0.4, 0.5) is 22.0 Å². The fourth-order valence-corrected chi connectivity index (χ4v) is 2.34. The number of nitrogens with zero attached hydrogens (tertiary/aromatic N) is 1. The summed E-state index contributed by atoms with van der Waals surface area (Å²) in [6.07, 6.45) is -4.74. The molecule has 0 aliphatic heterocycles. The smallest absolute Gasteiger partial charge is 0.394 e.